The minimum atomic E-state index is 0.520. The number of aromatic nitrogens is 4. The Kier molecular flexibility index (Phi) is 5.00. The van der Waals surface area contributed by atoms with Gasteiger partial charge < -0.3 is 10.6 Å². The van der Waals surface area contributed by atoms with Crippen molar-refractivity contribution < 1.29 is 0 Å². The van der Waals surface area contributed by atoms with Crippen molar-refractivity contribution in [2.24, 2.45) is 0 Å². The predicted molar refractivity (Wildman–Crippen MR) is 126 cm³/mol. The van der Waals surface area contributed by atoms with E-state index in [0.717, 1.165) is 52.5 Å². The molecular formula is C22H21ClN6S. The Labute approximate surface area is 184 Å². The fourth-order valence-corrected chi connectivity index (χ4v) is 4.80. The van der Waals surface area contributed by atoms with E-state index in [0.29, 0.717) is 22.4 Å². The number of nitrogen functional groups attached to an aromatic ring is 1. The van der Waals surface area contributed by atoms with Crippen molar-refractivity contribution in [1.82, 2.24) is 19.7 Å². The summed E-state index contributed by atoms with van der Waals surface area (Å²) < 4.78 is 1.75. The maximum Gasteiger partial charge on any atom is 0.228 e. The first-order valence-electron chi connectivity index (χ1n) is 9.82. The smallest absolute Gasteiger partial charge is 0.228 e. The van der Waals surface area contributed by atoms with Crippen molar-refractivity contribution >= 4 is 46.2 Å². The molecule has 2 aromatic carbocycles. The molecule has 0 bridgehead atoms. The van der Waals surface area contributed by atoms with E-state index in [1.54, 1.807) is 4.68 Å². The van der Waals surface area contributed by atoms with Gasteiger partial charge in [-0.1, -0.05) is 35.9 Å². The number of nitrogens with two attached hydrogens (primary N) is 1. The second-order valence-electron chi connectivity index (χ2n) is 7.32. The van der Waals surface area contributed by atoms with Gasteiger partial charge in [-0.25, -0.2) is 9.67 Å². The summed E-state index contributed by atoms with van der Waals surface area (Å²) in [5.41, 5.74) is 10.9. The van der Waals surface area contributed by atoms with E-state index in [1.165, 1.54) is 0 Å². The molecule has 2 N–H and O–H groups in total. The molecule has 6 nitrogen and oxygen atoms in total. The monoisotopic (exact) mass is 436 g/mol. The van der Waals surface area contributed by atoms with Gasteiger partial charge >= 0.3 is 0 Å². The second kappa shape index (κ2) is 7.81. The van der Waals surface area contributed by atoms with Crippen LogP contribution in [0.15, 0.2) is 48.5 Å². The number of anilines is 2. The van der Waals surface area contributed by atoms with Crippen LogP contribution in [-0.2, 0) is 0 Å². The predicted octanol–water partition coefficient (Wildman–Crippen LogP) is 4.58. The van der Waals surface area contributed by atoms with E-state index in [-0.39, 0.29) is 0 Å². The van der Waals surface area contributed by atoms with Crippen molar-refractivity contribution in [3.8, 4) is 16.9 Å². The van der Waals surface area contributed by atoms with Crippen LogP contribution in [-0.4, -0.2) is 44.3 Å². The van der Waals surface area contributed by atoms with Crippen LogP contribution in [0.1, 0.15) is 5.56 Å². The number of nitrogens with zero attached hydrogens (tertiary/aromatic N) is 5. The molecule has 0 unspecified atom stereocenters. The lowest BCUT2D eigenvalue weighted by atomic mass is 10.1. The summed E-state index contributed by atoms with van der Waals surface area (Å²) in [6.45, 7) is 3.88. The number of benzene rings is 2. The first kappa shape index (κ1) is 19.2. The molecule has 1 aliphatic rings. The van der Waals surface area contributed by atoms with E-state index in [4.69, 9.17) is 32.4 Å². The molecule has 0 atom stereocenters. The molecule has 2 aromatic heterocycles. The number of fused-ring (bicyclic) bond motifs is 1. The van der Waals surface area contributed by atoms with E-state index in [9.17, 15) is 0 Å². The van der Waals surface area contributed by atoms with Crippen molar-refractivity contribution in [3.63, 3.8) is 0 Å². The third-order valence-electron chi connectivity index (χ3n) is 5.20. The maximum absolute atomic E-state index is 6.60. The van der Waals surface area contributed by atoms with Crippen LogP contribution in [0.25, 0.3) is 28.0 Å². The van der Waals surface area contributed by atoms with Crippen LogP contribution < -0.4 is 10.6 Å². The van der Waals surface area contributed by atoms with E-state index in [2.05, 4.69) is 11.0 Å². The van der Waals surface area contributed by atoms with Gasteiger partial charge in [0.15, 0.2) is 5.65 Å². The summed E-state index contributed by atoms with van der Waals surface area (Å²) in [5, 5.41) is 6.16. The van der Waals surface area contributed by atoms with Crippen LogP contribution in [0.2, 0.25) is 5.02 Å². The number of aryl methyl sites for hydroxylation is 1. The highest BCUT2D eigenvalue weighted by molar-refractivity contribution is 7.99. The topological polar surface area (TPSA) is 72.9 Å². The van der Waals surface area contributed by atoms with Gasteiger partial charge in [0.2, 0.25) is 5.95 Å². The van der Waals surface area contributed by atoms with Gasteiger partial charge in [-0.2, -0.15) is 16.7 Å². The van der Waals surface area contributed by atoms with Crippen LogP contribution in [0.3, 0.4) is 0 Å². The van der Waals surface area contributed by atoms with Gasteiger partial charge in [0.1, 0.15) is 5.82 Å². The molecule has 3 heterocycles. The van der Waals surface area contributed by atoms with E-state index >= 15 is 0 Å². The molecule has 1 fully saturated rings. The summed E-state index contributed by atoms with van der Waals surface area (Å²) in [7, 11) is 0. The van der Waals surface area contributed by atoms with Crippen molar-refractivity contribution in [1.29, 1.82) is 0 Å². The molecule has 0 radical (unpaired) electrons. The molecule has 1 aliphatic heterocycles. The Balaban J connectivity index is 1.76. The largest absolute Gasteiger partial charge is 0.383 e. The number of hydrogen-bond acceptors (Lipinski definition) is 6. The van der Waals surface area contributed by atoms with Crippen LogP contribution in [0.4, 0.5) is 11.8 Å². The zero-order valence-corrected chi connectivity index (χ0v) is 18.1. The van der Waals surface area contributed by atoms with Gasteiger partial charge in [0, 0.05) is 35.2 Å². The standard InChI is InChI=1S/C22H21ClN6S/c1-14-4-2-7-17(12-14)29-20(24)18-19(15-5-3-6-16(23)13-15)25-22(26-21(18)27-29)28-8-10-30-11-9-28/h2-7,12-13H,8-11,24H2,1H3. The van der Waals surface area contributed by atoms with Crippen molar-refractivity contribution in [2.75, 3.05) is 35.2 Å². The summed E-state index contributed by atoms with van der Waals surface area (Å²) in [4.78, 5) is 11.9. The first-order valence-corrected chi connectivity index (χ1v) is 11.4. The minimum Gasteiger partial charge on any atom is -0.383 e. The number of halogens is 1. The third kappa shape index (κ3) is 3.48. The SMILES string of the molecule is Cc1cccc(-n2nc3nc(N4CCSCC4)nc(-c4cccc(Cl)c4)c3c2N)c1. The second-order valence-corrected chi connectivity index (χ2v) is 8.98. The van der Waals surface area contributed by atoms with Gasteiger partial charge in [-0.15, -0.1) is 5.10 Å². The fourth-order valence-electron chi connectivity index (χ4n) is 3.71. The number of rotatable bonds is 3. The van der Waals surface area contributed by atoms with Gasteiger partial charge in [0.05, 0.1) is 16.8 Å². The fraction of sp³-hybridized carbons (Fsp3) is 0.227. The average molecular weight is 437 g/mol. The average Bonchev–Trinajstić information content (AvgIpc) is 3.10. The highest BCUT2D eigenvalue weighted by atomic mass is 35.5. The third-order valence-corrected chi connectivity index (χ3v) is 6.37. The van der Waals surface area contributed by atoms with Crippen LogP contribution in [0.5, 0.6) is 0 Å². The lowest BCUT2D eigenvalue weighted by Gasteiger charge is -2.26. The first-order chi connectivity index (χ1) is 14.6. The molecule has 0 saturated carbocycles. The molecule has 4 aromatic rings. The molecule has 152 valence electrons. The summed E-state index contributed by atoms with van der Waals surface area (Å²) >= 11 is 8.23. The lowest BCUT2D eigenvalue weighted by Crippen LogP contribution is -2.33. The Bertz CT molecular complexity index is 1230. The summed E-state index contributed by atoms with van der Waals surface area (Å²) in [6.07, 6.45) is 0. The van der Waals surface area contributed by atoms with Gasteiger partial charge in [0.25, 0.3) is 0 Å². The normalized spacial score (nSPS) is 14.4. The van der Waals surface area contributed by atoms with Crippen molar-refractivity contribution in [3.05, 3.63) is 59.1 Å². The molecule has 8 heteroatoms. The Morgan fingerprint density at radius 1 is 1.03 bits per heavy atom. The number of hydrogen-bond donors (Lipinski definition) is 1. The highest BCUT2D eigenvalue weighted by Gasteiger charge is 2.22. The minimum absolute atomic E-state index is 0.520. The highest BCUT2D eigenvalue weighted by Crippen LogP contribution is 2.34. The zero-order valence-electron chi connectivity index (χ0n) is 16.5. The molecular weight excluding hydrogens is 416 g/mol. The summed E-state index contributed by atoms with van der Waals surface area (Å²) in [5.74, 6) is 3.33. The maximum atomic E-state index is 6.60. The quantitative estimate of drug-likeness (QED) is 0.506. The van der Waals surface area contributed by atoms with Crippen molar-refractivity contribution in [2.45, 2.75) is 6.92 Å². The molecule has 0 spiro atoms. The molecule has 5 rings (SSSR count). The molecule has 30 heavy (non-hydrogen) atoms. The molecule has 1 saturated heterocycles. The Hall–Kier alpha value is -2.77. The number of thioether (sulfide) groups is 1. The summed E-state index contributed by atoms with van der Waals surface area (Å²) in [6, 6.07) is 15.8. The Morgan fingerprint density at radius 3 is 2.60 bits per heavy atom. The zero-order chi connectivity index (χ0) is 20.7. The van der Waals surface area contributed by atoms with E-state index < -0.39 is 0 Å². The molecule has 0 aliphatic carbocycles. The van der Waals surface area contributed by atoms with Gasteiger partial charge in [-0.05, 0) is 36.8 Å². The molecule has 0 amide bonds. The van der Waals surface area contributed by atoms with Gasteiger partial charge in [-0.3, -0.25) is 0 Å². The van der Waals surface area contributed by atoms with Crippen LogP contribution >= 0.6 is 23.4 Å². The Morgan fingerprint density at radius 2 is 1.83 bits per heavy atom. The van der Waals surface area contributed by atoms with E-state index in [1.807, 2.05) is 61.2 Å². The lowest BCUT2D eigenvalue weighted by molar-refractivity contribution is 0.817. The van der Waals surface area contributed by atoms with Crippen LogP contribution in [0, 0.1) is 6.92 Å².